The number of carbonyl (C=O) groups excluding carboxylic acids is 2. The number of fused-ring (bicyclic) bond motifs is 2. The Morgan fingerprint density at radius 1 is 1.18 bits per heavy atom. The number of nitrogens with zero attached hydrogens (tertiary/aromatic N) is 5. The topological polar surface area (TPSA) is 119 Å². The maximum absolute atomic E-state index is 14.1. The van der Waals surface area contributed by atoms with E-state index in [1.807, 2.05) is 6.92 Å². The molecule has 2 aliphatic heterocycles. The van der Waals surface area contributed by atoms with Gasteiger partial charge in [0.2, 0.25) is 5.82 Å². The fourth-order valence-electron chi connectivity index (χ4n) is 5.15. The van der Waals surface area contributed by atoms with E-state index in [2.05, 4.69) is 39.9 Å². The SMILES string of the molecule is Cc1ncc(F)c2c1C[C@@H](CNCC[C@@H]1CN(c3cnc4c(n3)N(COCC[Si](C)(C)C)C(=O)CO4)C(=O)O1)C2. The molecule has 216 valence electrons. The minimum atomic E-state index is -1.27. The van der Waals surface area contributed by atoms with E-state index in [1.165, 1.54) is 22.2 Å². The predicted molar refractivity (Wildman–Crippen MR) is 149 cm³/mol. The van der Waals surface area contributed by atoms with Crippen LogP contribution in [0.3, 0.4) is 0 Å². The van der Waals surface area contributed by atoms with Crippen molar-refractivity contribution in [3.8, 4) is 5.88 Å². The van der Waals surface area contributed by atoms with Crippen LogP contribution in [0.4, 0.5) is 20.8 Å². The zero-order valence-electron chi connectivity index (χ0n) is 23.5. The van der Waals surface area contributed by atoms with Crippen LogP contribution < -0.4 is 19.9 Å². The molecular weight excluding hydrogens is 535 g/mol. The highest BCUT2D eigenvalue weighted by atomic mass is 28.3. The van der Waals surface area contributed by atoms with Gasteiger partial charge in [0.25, 0.3) is 11.8 Å². The Morgan fingerprint density at radius 2 is 1.98 bits per heavy atom. The second kappa shape index (κ2) is 11.8. The molecule has 0 bridgehead atoms. The molecule has 13 heteroatoms. The molecule has 1 saturated heterocycles. The van der Waals surface area contributed by atoms with Crippen LogP contribution in [0.2, 0.25) is 25.7 Å². The molecule has 11 nitrogen and oxygen atoms in total. The summed E-state index contributed by atoms with van der Waals surface area (Å²) in [5.41, 5.74) is 2.72. The minimum absolute atomic E-state index is 0.0470. The lowest BCUT2D eigenvalue weighted by Gasteiger charge is -2.28. The molecule has 0 radical (unpaired) electrons. The summed E-state index contributed by atoms with van der Waals surface area (Å²) in [5, 5.41) is 3.43. The summed E-state index contributed by atoms with van der Waals surface area (Å²) < 4.78 is 30.9. The van der Waals surface area contributed by atoms with Gasteiger partial charge in [0, 0.05) is 20.4 Å². The summed E-state index contributed by atoms with van der Waals surface area (Å²) in [5.74, 6) is 0.566. The van der Waals surface area contributed by atoms with Crippen molar-refractivity contribution in [2.45, 2.75) is 58.0 Å². The molecule has 2 amide bonds. The summed E-state index contributed by atoms with van der Waals surface area (Å²) in [6, 6.07) is 0.976. The molecule has 40 heavy (non-hydrogen) atoms. The van der Waals surface area contributed by atoms with Crippen LogP contribution >= 0.6 is 0 Å². The zero-order chi connectivity index (χ0) is 28.4. The molecular formula is C27H37FN6O5Si. The number of cyclic esters (lactones) is 1. The van der Waals surface area contributed by atoms with Crippen LogP contribution in [0.5, 0.6) is 5.88 Å². The summed E-state index contributed by atoms with van der Waals surface area (Å²) in [4.78, 5) is 41.1. The van der Waals surface area contributed by atoms with Gasteiger partial charge in [-0.3, -0.25) is 19.6 Å². The van der Waals surface area contributed by atoms with Crippen molar-refractivity contribution in [2.24, 2.45) is 5.92 Å². The Hall–Kier alpha value is -3.16. The van der Waals surface area contributed by atoms with Gasteiger partial charge >= 0.3 is 6.09 Å². The van der Waals surface area contributed by atoms with Crippen LogP contribution in [0.1, 0.15) is 23.2 Å². The molecule has 1 fully saturated rings. The smallest absolute Gasteiger partial charge is 0.415 e. The quantitative estimate of drug-likeness (QED) is 0.320. The van der Waals surface area contributed by atoms with Crippen molar-refractivity contribution >= 4 is 31.7 Å². The van der Waals surface area contributed by atoms with Crippen LogP contribution in [0.15, 0.2) is 12.4 Å². The number of halogens is 1. The average Bonchev–Trinajstić information content (AvgIpc) is 3.51. The first-order valence-corrected chi connectivity index (χ1v) is 17.5. The van der Waals surface area contributed by atoms with Crippen LogP contribution in [0, 0.1) is 18.7 Å². The van der Waals surface area contributed by atoms with Gasteiger partial charge in [-0.1, -0.05) is 19.6 Å². The normalized spacial score (nSPS) is 20.4. The molecule has 1 N–H and O–H groups in total. The van der Waals surface area contributed by atoms with E-state index in [0.717, 1.165) is 35.8 Å². The Bertz CT molecular complexity index is 1240. The number of aryl methyl sites for hydroxylation is 1. The fraction of sp³-hybridized carbons (Fsp3) is 0.593. The molecule has 4 heterocycles. The van der Waals surface area contributed by atoms with Crippen molar-refractivity contribution in [1.29, 1.82) is 0 Å². The third-order valence-electron chi connectivity index (χ3n) is 7.49. The number of rotatable bonds is 11. The third kappa shape index (κ3) is 6.42. The molecule has 0 aromatic carbocycles. The largest absolute Gasteiger partial charge is 0.465 e. The number of aromatic nitrogens is 3. The summed E-state index contributed by atoms with van der Waals surface area (Å²) in [6.07, 6.45) is 4.07. The number of nitrogens with one attached hydrogen (secondary N) is 1. The highest BCUT2D eigenvalue weighted by Crippen LogP contribution is 2.32. The van der Waals surface area contributed by atoms with Gasteiger partial charge in [0.1, 0.15) is 18.7 Å². The summed E-state index contributed by atoms with van der Waals surface area (Å²) in [6.45, 7) is 10.9. The molecule has 2 atom stereocenters. The first kappa shape index (κ1) is 28.4. The third-order valence-corrected chi connectivity index (χ3v) is 9.19. The molecule has 0 spiro atoms. The standard InChI is InChI=1S/C27H37FN6O5Si/c1-17-20-9-18(10-21(20)22(28)12-30-17)11-29-6-5-19-14-33(27(36)39-19)23-13-31-26-25(32-23)34(24(35)15-38-26)16-37-7-8-40(2,3)4/h12-13,18-19,29H,5-11,14-16H2,1-4H3/t18-,19-/m1/s1. The average molecular weight is 573 g/mol. The first-order valence-electron chi connectivity index (χ1n) is 13.8. The van der Waals surface area contributed by atoms with E-state index in [1.54, 1.807) is 0 Å². The summed E-state index contributed by atoms with van der Waals surface area (Å²) >= 11 is 0. The van der Waals surface area contributed by atoms with Gasteiger partial charge in [0.15, 0.2) is 12.4 Å². The highest BCUT2D eigenvalue weighted by molar-refractivity contribution is 6.76. The second-order valence-corrected chi connectivity index (χ2v) is 17.5. The number of pyridine rings is 1. The molecule has 1 aliphatic carbocycles. The van der Waals surface area contributed by atoms with Gasteiger partial charge in [-0.25, -0.2) is 19.2 Å². The van der Waals surface area contributed by atoms with E-state index in [4.69, 9.17) is 14.2 Å². The highest BCUT2D eigenvalue weighted by Gasteiger charge is 2.36. The zero-order valence-corrected chi connectivity index (χ0v) is 24.5. The van der Waals surface area contributed by atoms with E-state index >= 15 is 0 Å². The van der Waals surface area contributed by atoms with E-state index in [0.29, 0.717) is 44.3 Å². The van der Waals surface area contributed by atoms with E-state index < -0.39 is 14.2 Å². The molecule has 3 aliphatic rings. The van der Waals surface area contributed by atoms with Gasteiger partial charge in [0.05, 0.1) is 18.9 Å². The van der Waals surface area contributed by atoms with Crippen LogP contribution in [-0.2, 0) is 27.1 Å². The van der Waals surface area contributed by atoms with Crippen molar-refractivity contribution in [2.75, 3.05) is 49.4 Å². The van der Waals surface area contributed by atoms with E-state index in [9.17, 15) is 14.0 Å². The number of amides is 2. The Balaban J connectivity index is 1.13. The number of anilines is 2. The monoisotopic (exact) mass is 572 g/mol. The maximum Gasteiger partial charge on any atom is 0.415 e. The van der Waals surface area contributed by atoms with Gasteiger partial charge in [-0.05, 0) is 62.4 Å². The van der Waals surface area contributed by atoms with Crippen molar-refractivity contribution < 1.29 is 28.2 Å². The lowest BCUT2D eigenvalue weighted by atomic mass is 10.1. The van der Waals surface area contributed by atoms with Gasteiger partial charge < -0.3 is 19.5 Å². The molecule has 0 unspecified atom stereocenters. The Morgan fingerprint density at radius 3 is 2.75 bits per heavy atom. The predicted octanol–water partition coefficient (Wildman–Crippen LogP) is 3.08. The second-order valence-electron chi connectivity index (χ2n) is 11.8. The lowest BCUT2D eigenvalue weighted by Crippen LogP contribution is -2.42. The lowest BCUT2D eigenvalue weighted by molar-refractivity contribution is -0.122. The Labute approximate surface area is 234 Å². The van der Waals surface area contributed by atoms with Crippen molar-refractivity contribution in [3.05, 3.63) is 35.0 Å². The van der Waals surface area contributed by atoms with Gasteiger partial charge in [-0.15, -0.1) is 0 Å². The molecule has 0 saturated carbocycles. The van der Waals surface area contributed by atoms with Crippen LogP contribution in [-0.4, -0.2) is 80.7 Å². The van der Waals surface area contributed by atoms with E-state index in [-0.39, 0.29) is 42.9 Å². The van der Waals surface area contributed by atoms with Gasteiger partial charge in [-0.2, -0.15) is 0 Å². The van der Waals surface area contributed by atoms with Crippen molar-refractivity contribution in [3.63, 3.8) is 0 Å². The molecule has 2 aromatic heterocycles. The number of carbonyl (C=O) groups is 2. The fourth-order valence-corrected chi connectivity index (χ4v) is 5.90. The molecule has 2 aromatic rings. The first-order chi connectivity index (χ1) is 19.1. The van der Waals surface area contributed by atoms with Crippen LogP contribution in [0.25, 0.3) is 0 Å². The number of ether oxygens (including phenoxy) is 3. The van der Waals surface area contributed by atoms with Crippen molar-refractivity contribution in [1.82, 2.24) is 20.3 Å². The minimum Gasteiger partial charge on any atom is -0.465 e. The molecule has 5 rings (SSSR count). The number of hydrogen-bond acceptors (Lipinski definition) is 9. The maximum atomic E-state index is 14.1. The Kier molecular flexibility index (Phi) is 8.33. The number of hydrogen-bond donors (Lipinski definition) is 1. The summed E-state index contributed by atoms with van der Waals surface area (Å²) in [7, 11) is -1.27.